The first-order valence-corrected chi connectivity index (χ1v) is 9.73. The van der Waals surface area contributed by atoms with Crippen molar-refractivity contribution in [1.82, 2.24) is 4.90 Å². The highest BCUT2D eigenvalue weighted by atomic mass is 16.5. The molecule has 1 atom stereocenters. The van der Waals surface area contributed by atoms with Gasteiger partial charge >= 0.3 is 0 Å². The number of likely N-dealkylation sites (tertiary alicyclic amines) is 1. The normalized spacial score (nSPS) is 19.4. The van der Waals surface area contributed by atoms with Crippen LogP contribution in [0.5, 0.6) is 5.75 Å². The Balaban J connectivity index is 1.82. The maximum atomic E-state index is 13.1. The predicted octanol–water partition coefficient (Wildman–Crippen LogP) is 2.25. The maximum absolute atomic E-state index is 13.1. The van der Waals surface area contributed by atoms with Crippen LogP contribution in [0.25, 0.3) is 0 Å². The van der Waals surface area contributed by atoms with E-state index < -0.39 is 17.4 Å². The van der Waals surface area contributed by atoms with Gasteiger partial charge in [-0.05, 0) is 38.5 Å². The van der Waals surface area contributed by atoms with Crippen molar-refractivity contribution < 1.29 is 23.9 Å². The van der Waals surface area contributed by atoms with Gasteiger partial charge in [-0.2, -0.15) is 0 Å². The molecule has 1 saturated carbocycles. The molecule has 154 valence electrons. The molecule has 6 heteroatoms. The Hall–Kier alpha value is -2.65. The molecule has 6 nitrogen and oxygen atoms in total. The van der Waals surface area contributed by atoms with Crippen molar-refractivity contribution in [3.63, 3.8) is 0 Å². The highest BCUT2D eigenvalue weighted by Gasteiger charge is 2.54. The van der Waals surface area contributed by atoms with E-state index >= 15 is 0 Å². The molecule has 2 fully saturated rings. The topological polar surface area (TPSA) is 72.9 Å². The summed E-state index contributed by atoms with van der Waals surface area (Å²) in [6.07, 6.45) is 0.0492. The highest BCUT2D eigenvalue weighted by Crippen LogP contribution is 2.47. The molecular formula is C23H27NO5. The summed E-state index contributed by atoms with van der Waals surface area (Å²) in [4.78, 5) is 40.1. The van der Waals surface area contributed by atoms with Crippen LogP contribution in [0.15, 0.2) is 12.1 Å². The Labute approximate surface area is 171 Å². The first kappa shape index (κ1) is 21.1. The standard InChI is InChI=1S/C23H27NO5/c1-6-7-16-8-14(2)20(19(9-16)29-5)21-17(25)10-23(11-18(21)26)12-24(13-23)22(27)15(3)28-4/h8-9,15,21H,10-13H2,1-5H3. The molecule has 1 spiro atoms. The average Bonchev–Trinajstić information content (AvgIpc) is 2.65. The van der Waals surface area contributed by atoms with Gasteiger partial charge in [0.25, 0.3) is 5.91 Å². The monoisotopic (exact) mass is 397 g/mol. The second-order valence-corrected chi connectivity index (χ2v) is 8.08. The Kier molecular flexibility index (Phi) is 5.81. The fourth-order valence-corrected chi connectivity index (χ4v) is 4.53. The first-order valence-electron chi connectivity index (χ1n) is 9.73. The Bertz CT molecular complexity index is 897. The largest absolute Gasteiger partial charge is 0.496 e. The van der Waals surface area contributed by atoms with Crippen molar-refractivity contribution in [3.8, 4) is 17.6 Å². The van der Waals surface area contributed by atoms with Gasteiger partial charge in [0, 0.05) is 49.6 Å². The van der Waals surface area contributed by atoms with E-state index in [9.17, 15) is 14.4 Å². The molecule has 29 heavy (non-hydrogen) atoms. The van der Waals surface area contributed by atoms with Crippen molar-refractivity contribution in [3.05, 3.63) is 28.8 Å². The zero-order chi connectivity index (χ0) is 21.3. The molecule has 3 rings (SSSR count). The molecule has 2 aliphatic rings. The number of benzene rings is 1. The molecule has 1 aliphatic carbocycles. The predicted molar refractivity (Wildman–Crippen MR) is 108 cm³/mol. The summed E-state index contributed by atoms with van der Waals surface area (Å²) in [5.74, 6) is 5.22. The number of amides is 1. The zero-order valence-corrected chi connectivity index (χ0v) is 17.6. The minimum absolute atomic E-state index is 0.106. The van der Waals surface area contributed by atoms with E-state index in [2.05, 4.69) is 11.8 Å². The summed E-state index contributed by atoms with van der Waals surface area (Å²) < 4.78 is 10.6. The molecule has 1 heterocycles. The minimum Gasteiger partial charge on any atom is -0.496 e. The summed E-state index contributed by atoms with van der Waals surface area (Å²) in [6.45, 7) is 6.17. The molecule has 1 amide bonds. The van der Waals surface area contributed by atoms with E-state index in [4.69, 9.17) is 9.47 Å². The number of nitrogens with zero attached hydrogens (tertiary/aromatic N) is 1. The van der Waals surface area contributed by atoms with Gasteiger partial charge in [0.05, 0.1) is 7.11 Å². The van der Waals surface area contributed by atoms with E-state index in [-0.39, 0.29) is 30.3 Å². The Morgan fingerprint density at radius 2 is 1.83 bits per heavy atom. The Morgan fingerprint density at radius 1 is 1.21 bits per heavy atom. The number of carbonyl (C=O) groups is 3. The SMILES string of the molecule is CC#Cc1cc(C)c(C2C(=O)CC3(CC2=O)CN(C(=O)C(C)OC)C3)c(OC)c1. The van der Waals surface area contributed by atoms with Gasteiger partial charge in [-0.25, -0.2) is 0 Å². The second-order valence-electron chi connectivity index (χ2n) is 8.08. The van der Waals surface area contributed by atoms with Crippen LogP contribution < -0.4 is 4.74 Å². The average molecular weight is 397 g/mol. The van der Waals surface area contributed by atoms with Crippen molar-refractivity contribution in [1.29, 1.82) is 0 Å². The van der Waals surface area contributed by atoms with Gasteiger partial charge in [0.1, 0.15) is 29.3 Å². The third-order valence-electron chi connectivity index (χ3n) is 5.93. The van der Waals surface area contributed by atoms with Crippen LogP contribution in [0, 0.1) is 24.2 Å². The number of ether oxygens (including phenoxy) is 2. The lowest BCUT2D eigenvalue weighted by molar-refractivity contribution is -0.161. The van der Waals surface area contributed by atoms with Gasteiger partial charge in [0.2, 0.25) is 0 Å². The number of aryl methyl sites for hydroxylation is 1. The zero-order valence-electron chi connectivity index (χ0n) is 17.6. The van der Waals surface area contributed by atoms with Crippen molar-refractivity contribution in [2.24, 2.45) is 5.41 Å². The summed E-state index contributed by atoms with van der Waals surface area (Å²) in [7, 11) is 3.02. The van der Waals surface area contributed by atoms with Crippen LogP contribution in [-0.4, -0.2) is 55.8 Å². The lowest BCUT2D eigenvalue weighted by atomic mass is 9.63. The van der Waals surface area contributed by atoms with E-state index in [0.29, 0.717) is 24.4 Å². The van der Waals surface area contributed by atoms with Crippen LogP contribution in [0.1, 0.15) is 49.3 Å². The summed E-state index contributed by atoms with van der Waals surface area (Å²) in [6, 6.07) is 3.66. The van der Waals surface area contributed by atoms with Gasteiger partial charge in [-0.1, -0.05) is 5.92 Å². The molecule has 1 aromatic carbocycles. The van der Waals surface area contributed by atoms with Crippen molar-refractivity contribution >= 4 is 17.5 Å². The molecule has 0 radical (unpaired) electrons. The third-order valence-corrected chi connectivity index (χ3v) is 5.93. The number of carbonyl (C=O) groups excluding carboxylic acids is 3. The number of rotatable bonds is 4. The molecule has 1 aromatic rings. The van der Waals surface area contributed by atoms with Crippen molar-refractivity contribution in [2.45, 2.75) is 45.6 Å². The fraction of sp³-hybridized carbons (Fsp3) is 0.522. The van der Waals surface area contributed by atoms with Gasteiger partial charge in [-0.3, -0.25) is 14.4 Å². The summed E-state index contributed by atoms with van der Waals surface area (Å²) in [5, 5.41) is 0. The lowest BCUT2D eigenvalue weighted by Gasteiger charge is -2.52. The van der Waals surface area contributed by atoms with Crippen LogP contribution >= 0.6 is 0 Å². The quantitative estimate of drug-likeness (QED) is 0.576. The van der Waals surface area contributed by atoms with E-state index in [1.165, 1.54) is 14.2 Å². The lowest BCUT2D eigenvalue weighted by Crippen LogP contribution is -2.63. The number of methoxy groups -OCH3 is 2. The minimum atomic E-state index is -0.818. The smallest absolute Gasteiger partial charge is 0.251 e. The highest BCUT2D eigenvalue weighted by molar-refractivity contribution is 6.11. The molecular weight excluding hydrogens is 370 g/mol. The second kappa shape index (κ2) is 8.00. The van der Waals surface area contributed by atoms with Crippen LogP contribution in [0.4, 0.5) is 0 Å². The summed E-state index contributed by atoms with van der Waals surface area (Å²) in [5.41, 5.74) is 1.81. The number of hydrogen-bond donors (Lipinski definition) is 0. The molecule has 1 aliphatic heterocycles. The van der Waals surface area contributed by atoms with Gasteiger partial charge in [0.15, 0.2) is 0 Å². The fourth-order valence-electron chi connectivity index (χ4n) is 4.53. The van der Waals surface area contributed by atoms with Crippen molar-refractivity contribution in [2.75, 3.05) is 27.3 Å². The van der Waals surface area contributed by atoms with Crippen LogP contribution in [-0.2, 0) is 19.1 Å². The van der Waals surface area contributed by atoms with Crippen LogP contribution in [0.3, 0.4) is 0 Å². The van der Waals surface area contributed by atoms with Crippen LogP contribution in [0.2, 0.25) is 0 Å². The maximum Gasteiger partial charge on any atom is 0.251 e. The third kappa shape index (κ3) is 3.79. The molecule has 0 bridgehead atoms. The van der Waals surface area contributed by atoms with Gasteiger partial charge in [-0.15, -0.1) is 5.92 Å². The first-order chi connectivity index (χ1) is 13.7. The van der Waals surface area contributed by atoms with E-state index in [1.807, 2.05) is 13.0 Å². The number of ketones is 2. The molecule has 1 unspecified atom stereocenters. The van der Waals surface area contributed by atoms with E-state index in [1.54, 1.807) is 24.8 Å². The Morgan fingerprint density at radius 3 is 2.34 bits per heavy atom. The number of Topliss-reactive ketones (excluding diaryl/α,β-unsaturated/α-hetero) is 2. The van der Waals surface area contributed by atoms with E-state index in [0.717, 1.165) is 11.1 Å². The molecule has 0 aromatic heterocycles. The van der Waals surface area contributed by atoms with Gasteiger partial charge < -0.3 is 14.4 Å². The molecule has 1 saturated heterocycles. The summed E-state index contributed by atoms with van der Waals surface area (Å²) >= 11 is 0. The molecule has 0 N–H and O–H groups in total. The number of hydrogen-bond acceptors (Lipinski definition) is 5.